The van der Waals surface area contributed by atoms with E-state index < -0.39 is 0 Å². The van der Waals surface area contributed by atoms with Crippen molar-refractivity contribution in [2.24, 2.45) is 5.92 Å². The van der Waals surface area contributed by atoms with Gasteiger partial charge in [-0.05, 0) is 46.8 Å². The minimum atomic E-state index is 0.197. The lowest BCUT2D eigenvalue weighted by Gasteiger charge is -2.20. The van der Waals surface area contributed by atoms with Crippen molar-refractivity contribution in [2.45, 2.75) is 32.7 Å². The minimum absolute atomic E-state index is 0.197. The third-order valence-corrected chi connectivity index (χ3v) is 3.30. The van der Waals surface area contributed by atoms with Gasteiger partial charge in [0.25, 0.3) is 0 Å². The Hall–Kier alpha value is -0.610. The van der Waals surface area contributed by atoms with Gasteiger partial charge in [0.15, 0.2) is 0 Å². The monoisotopic (exact) mass is 227 g/mol. The number of hydrogen-bond donors (Lipinski definition) is 2. The molecule has 0 saturated carbocycles. The second-order valence-electron chi connectivity index (χ2n) is 4.91. The minimum Gasteiger partial charge on any atom is -0.356 e. The van der Waals surface area contributed by atoms with Crippen molar-refractivity contribution in [3.63, 3.8) is 0 Å². The van der Waals surface area contributed by atoms with Crippen LogP contribution in [0.2, 0.25) is 0 Å². The first-order valence-electron chi connectivity index (χ1n) is 6.30. The highest BCUT2D eigenvalue weighted by Gasteiger charge is 2.21. The van der Waals surface area contributed by atoms with Gasteiger partial charge < -0.3 is 15.5 Å². The zero-order chi connectivity index (χ0) is 12.0. The van der Waals surface area contributed by atoms with Crippen LogP contribution >= 0.6 is 0 Å². The number of nitrogens with one attached hydrogen (secondary N) is 2. The number of nitrogens with zero attached hydrogens (tertiary/aromatic N) is 1. The summed E-state index contributed by atoms with van der Waals surface area (Å²) in [6.45, 7) is 8.03. The van der Waals surface area contributed by atoms with Gasteiger partial charge in [-0.15, -0.1) is 0 Å². The third kappa shape index (κ3) is 4.49. The lowest BCUT2D eigenvalue weighted by molar-refractivity contribution is -0.124. The van der Waals surface area contributed by atoms with Crippen molar-refractivity contribution in [1.29, 1.82) is 0 Å². The van der Waals surface area contributed by atoms with Gasteiger partial charge in [0, 0.05) is 19.1 Å². The Morgan fingerprint density at radius 1 is 1.56 bits per heavy atom. The van der Waals surface area contributed by atoms with Crippen LogP contribution in [0.15, 0.2) is 0 Å². The molecule has 0 aromatic carbocycles. The molecule has 4 heteroatoms. The summed E-state index contributed by atoms with van der Waals surface area (Å²) in [6, 6.07) is 0.578. The van der Waals surface area contributed by atoms with E-state index in [0.717, 1.165) is 39.0 Å². The van der Waals surface area contributed by atoms with Gasteiger partial charge in [0.2, 0.25) is 5.91 Å². The Morgan fingerprint density at radius 2 is 2.31 bits per heavy atom. The molecule has 94 valence electrons. The summed E-state index contributed by atoms with van der Waals surface area (Å²) in [5.74, 6) is 0.417. The van der Waals surface area contributed by atoms with Crippen LogP contribution in [0.5, 0.6) is 0 Å². The average molecular weight is 227 g/mol. The molecule has 4 nitrogen and oxygen atoms in total. The van der Waals surface area contributed by atoms with Crippen LogP contribution in [0.1, 0.15) is 26.7 Å². The average Bonchev–Trinajstić information content (AvgIpc) is 2.76. The molecule has 0 aliphatic carbocycles. The van der Waals surface area contributed by atoms with E-state index in [4.69, 9.17) is 0 Å². The molecule has 1 heterocycles. The summed E-state index contributed by atoms with van der Waals surface area (Å²) < 4.78 is 0. The zero-order valence-electron chi connectivity index (χ0n) is 10.8. The van der Waals surface area contributed by atoms with Crippen molar-refractivity contribution in [2.75, 3.05) is 33.2 Å². The highest BCUT2D eigenvalue weighted by atomic mass is 16.1. The van der Waals surface area contributed by atoms with E-state index in [2.05, 4.69) is 36.4 Å². The number of amides is 1. The van der Waals surface area contributed by atoms with Gasteiger partial charge in [0.1, 0.15) is 0 Å². The second-order valence-corrected chi connectivity index (χ2v) is 4.91. The number of carbonyl (C=O) groups excluding carboxylic acids is 1. The molecule has 1 aliphatic rings. The van der Waals surface area contributed by atoms with E-state index in [-0.39, 0.29) is 11.8 Å². The van der Waals surface area contributed by atoms with Gasteiger partial charge in [-0.25, -0.2) is 0 Å². The Kier molecular flexibility index (Phi) is 5.77. The first-order chi connectivity index (χ1) is 7.61. The van der Waals surface area contributed by atoms with E-state index >= 15 is 0 Å². The van der Waals surface area contributed by atoms with Crippen LogP contribution in [-0.2, 0) is 4.79 Å². The molecule has 1 unspecified atom stereocenters. The molecule has 16 heavy (non-hydrogen) atoms. The summed E-state index contributed by atoms with van der Waals surface area (Å²) >= 11 is 0. The van der Waals surface area contributed by atoms with Crippen LogP contribution < -0.4 is 10.6 Å². The highest BCUT2D eigenvalue weighted by Crippen LogP contribution is 2.06. The van der Waals surface area contributed by atoms with Crippen molar-refractivity contribution in [3.05, 3.63) is 0 Å². The summed E-state index contributed by atoms with van der Waals surface area (Å²) in [7, 11) is 2.12. The van der Waals surface area contributed by atoms with Crippen molar-refractivity contribution >= 4 is 5.91 Å². The smallest absolute Gasteiger partial charge is 0.224 e. The molecule has 0 radical (unpaired) electrons. The lowest BCUT2D eigenvalue weighted by atomic mass is 10.1. The van der Waals surface area contributed by atoms with E-state index in [9.17, 15) is 4.79 Å². The van der Waals surface area contributed by atoms with Crippen LogP contribution in [0.4, 0.5) is 0 Å². The molecular weight excluding hydrogens is 202 g/mol. The molecule has 0 aromatic heterocycles. The van der Waals surface area contributed by atoms with Gasteiger partial charge in [0.05, 0.1) is 5.92 Å². The Labute approximate surface area is 98.8 Å². The summed E-state index contributed by atoms with van der Waals surface area (Å²) in [6.07, 6.45) is 2.01. The van der Waals surface area contributed by atoms with Gasteiger partial charge in [-0.2, -0.15) is 0 Å². The molecule has 1 fully saturated rings. The fourth-order valence-electron chi connectivity index (χ4n) is 1.82. The van der Waals surface area contributed by atoms with Crippen LogP contribution in [0.25, 0.3) is 0 Å². The third-order valence-electron chi connectivity index (χ3n) is 3.30. The lowest BCUT2D eigenvalue weighted by Crippen LogP contribution is -2.35. The molecule has 0 bridgehead atoms. The number of hydrogen-bond acceptors (Lipinski definition) is 3. The van der Waals surface area contributed by atoms with E-state index in [1.165, 1.54) is 0 Å². The Bertz CT molecular complexity index is 212. The quantitative estimate of drug-likeness (QED) is 0.647. The molecule has 1 amide bonds. The molecule has 1 saturated heterocycles. The van der Waals surface area contributed by atoms with Crippen LogP contribution in [0.3, 0.4) is 0 Å². The molecule has 0 spiro atoms. The molecular formula is C12H25N3O. The zero-order valence-corrected chi connectivity index (χ0v) is 10.8. The molecule has 1 rings (SSSR count). The Morgan fingerprint density at radius 3 is 2.88 bits per heavy atom. The maximum Gasteiger partial charge on any atom is 0.224 e. The predicted molar refractivity (Wildman–Crippen MR) is 66.4 cm³/mol. The largest absolute Gasteiger partial charge is 0.356 e. The first kappa shape index (κ1) is 13.5. The topological polar surface area (TPSA) is 44.4 Å². The highest BCUT2D eigenvalue weighted by molar-refractivity contribution is 5.79. The van der Waals surface area contributed by atoms with E-state index in [0.29, 0.717) is 6.04 Å². The van der Waals surface area contributed by atoms with Crippen molar-refractivity contribution in [3.8, 4) is 0 Å². The fourth-order valence-corrected chi connectivity index (χ4v) is 1.82. The molecule has 1 aliphatic heterocycles. The Balaban J connectivity index is 2.04. The molecule has 2 N–H and O–H groups in total. The molecule has 1 atom stereocenters. The summed E-state index contributed by atoms with van der Waals surface area (Å²) in [4.78, 5) is 14.0. The van der Waals surface area contributed by atoms with Crippen molar-refractivity contribution < 1.29 is 4.79 Å². The number of carbonyl (C=O) groups is 1. The predicted octanol–water partition coefficient (Wildman–Crippen LogP) is 0.442. The van der Waals surface area contributed by atoms with Crippen molar-refractivity contribution in [1.82, 2.24) is 15.5 Å². The summed E-state index contributed by atoms with van der Waals surface area (Å²) in [5, 5.41) is 6.22. The molecule has 0 aromatic rings. The van der Waals surface area contributed by atoms with E-state index in [1.54, 1.807) is 0 Å². The van der Waals surface area contributed by atoms with Gasteiger partial charge in [-0.3, -0.25) is 4.79 Å². The summed E-state index contributed by atoms with van der Waals surface area (Å²) in [5.41, 5.74) is 0. The number of rotatable bonds is 6. The van der Waals surface area contributed by atoms with Crippen LogP contribution in [0, 0.1) is 5.92 Å². The standard InChI is InChI=1S/C12H25N3O/c1-10(2)15(3)8-4-6-14-12(16)11-5-7-13-9-11/h10-11,13H,4-9H2,1-3H3,(H,14,16). The van der Waals surface area contributed by atoms with Gasteiger partial charge in [-0.1, -0.05) is 0 Å². The SMILES string of the molecule is CC(C)N(C)CCCNC(=O)C1CCNC1. The fraction of sp³-hybridized carbons (Fsp3) is 0.917. The second kappa shape index (κ2) is 6.86. The maximum absolute atomic E-state index is 11.7. The normalized spacial score (nSPS) is 20.7. The van der Waals surface area contributed by atoms with Gasteiger partial charge >= 0.3 is 0 Å². The van der Waals surface area contributed by atoms with Crippen LogP contribution in [-0.4, -0.2) is 50.1 Å². The first-order valence-corrected chi connectivity index (χ1v) is 6.30. The maximum atomic E-state index is 11.7. The van der Waals surface area contributed by atoms with E-state index in [1.807, 2.05) is 0 Å².